The number of piperazine rings is 1. The van der Waals surface area contributed by atoms with Crippen molar-refractivity contribution in [3.8, 4) is 5.75 Å². The van der Waals surface area contributed by atoms with Crippen molar-refractivity contribution in [2.24, 2.45) is 0 Å². The van der Waals surface area contributed by atoms with E-state index in [1.54, 1.807) is 0 Å². The zero-order valence-corrected chi connectivity index (χ0v) is 15.3. The van der Waals surface area contributed by atoms with Gasteiger partial charge in [0.05, 0.1) is 0 Å². The molecule has 134 valence electrons. The molecule has 1 aliphatic heterocycles. The van der Waals surface area contributed by atoms with Crippen LogP contribution < -0.4 is 15.4 Å². The predicted molar refractivity (Wildman–Crippen MR) is 103 cm³/mol. The number of ether oxygens (including phenoxy) is 1. The number of nitrogens with one attached hydrogen (secondary N) is 2. The lowest BCUT2D eigenvalue weighted by atomic mass is 10.2. The molecule has 0 aliphatic carbocycles. The highest BCUT2D eigenvalue weighted by atomic mass is 35.5. The van der Waals surface area contributed by atoms with Gasteiger partial charge in [-0.25, -0.2) is 0 Å². The third-order valence-electron chi connectivity index (χ3n) is 4.34. The van der Waals surface area contributed by atoms with E-state index >= 15 is 0 Å². The van der Waals surface area contributed by atoms with Crippen LogP contribution in [0.5, 0.6) is 5.75 Å². The van der Waals surface area contributed by atoms with Gasteiger partial charge in [0.1, 0.15) is 12.4 Å². The molecule has 5 heteroatoms. The first-order chi connectivity index (χ1) is 12.3. The van der Waals surface area contributed by atoms with Crippen LogP contribution in [0.2, 0.25) is 5.02 Å². The monoisotopic (exact) mass is 359 g/mol. The average molecular weight is 360 g/mol. The minimum absolute atomic E-state index is 0.528. The lowest BCUT2D eigenvalue weighted by molar-refractivity contribution is 0.241. The summed E-state index contributed by atoms with van der Waals surface area (Å²) in [5.41, 5.74) is 2.32. The summed E-state index contributed by atoms with van der Waals surface area (Å²) in [5, 5.41) is 7.64. The summed E-state index contributed by atoms with van der Waals surface area (Å²) < 4.78 is 5.89. The van der Waals surface area contributed by atoms with Gasteiger partial charge in [-0.1, -0.05) is 35.9 Å². The highest BCUT2D eigenvalue weighted by Gasteiger charge is 2.08. The van der Waals surface area contributed by atoms with Crippen molar-refractivity contribution in [1.29, 1.82) is 0 Å². The first kappa shape index (κ1) is 18.2. The van der Waals surface area contributed by atoms with Crippen molar-refractivity contribution in [3.05, 3.63) is 64.7 Å². The zero-order chi connectivity index (χ0) is 17.3. The minimum Gasteiger partial charge on any atom is -0.489 e. The SMILES string of the molecule is Clc1cccc(COc2cccc(CNCCN3CCNCC3)c2)c1. The summed E-state index contributed by atoms with van der Waals surface area (Å²) in [6, 6.07) is 16.0. The molecule has 25 heavy (non-hydrogen) atoms. The largest absolute Gasteiger partial charge is 0.489 e. The Morgan fingerprint density at radius 1 is 1.04 bits per heavy atom. The van der Waals surface area contributed by atoms with Gasteiger partial charge in [0.25, 0.3) is 0 Å². The molecular formula is C20H26ClN3O. The average Bonchev–Trinajstić information content (AvgIpc) is 2.65. The van der Waals surface area contributed by atoms with Crippen LogP contribution in [-0.4, -0.2) is 44.2 Å². The highest BCUT2D eigenvalue weighted by Crippen LogP contribution is 2.17. The van der Waals surface area contributed by atoms with E-state index < -0.39 is 0 Å². The number of rotatable bonds is 8. The van der Waals surface area contributed by atoms with E-state index in [0.29, 0.717) is 6.61 Å². The van der Waals surface area contributed by atoms with Crippen LogP contribution >= 0.6 is 11.6 Å². The van der Waals surface area contributed by atoms with E-state index in [1.165, 1.54) is 5.56 Å². The van der Waals surface area contributed by atoms with Gasteiger partial charge < -0.3 is 15.4 Å². The van der Waals surface area contributed by atoms with E-state index in [4.69, 9.17) is 16.3 Å². The second-order valence-electron chi connectivity index (χ2n) is 6.33. The Hall–Kier alpha value is -1.59. The summed E-state index contributed by atoms with van der Waals surface area (Å²) in [6.45, 7) is 8.00. The topological polar surface area (TPSA) is 36.5 Å². The molecule has 3 rings (SSSR count). The van der Waals surface area contributed by atoms with E-state index in [0.717, 1.165) is 62.1 Å². The van der Waals surface area contributed by atoms with Crippen LogP contribution in [-0.2, 0) is 13.2 Å². The van der Waals surface area contributed by atoms with Crippen molar-refractivity contribution in [2.45, 2.75) is 13.2 Å². The first-order valence-corrected chi connectivity index (χ1v) is 9.27. The molecule has 0 spiro atoms. The van der Waals surface area contributed by atoms with Gasteiger partial charge in [0.2, 0.25) is 0 Å². The smallest absolute Gasteiger partial charge is 0.120 e. The van der Waals surface area contributed by atoms with E-state index in [2.05, 4.69) is 27.7 Å². The van der Waals surface area contributed by atoms with Crippen LogP contribution in [0, 0.1) is 0 Å². The Kier molecular flexibility index (Phi) is 7.12. The van der Waals surface area contributed by atoms with E-state index in [9.17, 15) is 0 Å². The van der Waals surface area contributed by atoms with Crippen LogP contribution in [0.3, 0.4) is 0 Å². The van der Waals surface area contributed by atoms with Gasteiger partial charge in [0, 0.05) is 50.8 Å². The number of hydrogen-bond acceptors (Lipinski definition) is 4. The second-order valence-corrected chi connectivity index (χ2v) is 6.77. The molecule has 0 amide bonds. The van der Waals surface area contributed by atoms with Crippen LogP contribution in [0.15, 0.2) is 48.5 Å². The Morgan fingerprint density at radius 2 is 1.84 bits per heavy atom. The summed E-state index contributed by atoms with van der Waals surface area (Å²) in [4.78, 5) is 2.49. The Morgan fingerprint density at radius 3 is 2.68 bits per heavy atom. The molecule has 0 radical (unpaired) electrons. The highest BCUT2D eigenvalue weighted by molar-refractivity contribution is 6.30. The first-order valence-electron chi connectivity index (χ1n) is 8.89. The number of nitrogens with zero attached hydrogens (tertiary/aromatic N) is 1. The van der Waals surface area contributed by atoms with Crippen molar-refractivity contribution >= 4 is 11.6 Å². The molecule has 0 aromatic heterocycles. The van der Waals surface area contributed by atoms with Gasteiger partial charge in [-0.15, -0.1) is 0 Å². The van der Waals surface area contributed by atoms with Gasteiger partial charge in [0.15, 0.2) is 0 Å². The van der Waals surface area contributed by atoms with Gasteiger partial charge >= 0.3 is 0 Å². The summed E-state index contributed by atoms with van der Waals surface area (Å²) in [6.07, 6.45) is 0. The standard InChI is InChI=1S/C20H26ClN3O/c21-19-5-1-4-18(13-19)16-25-20-6-2-3-17(14-20)15-23-9-12-24-10-7-22-8-11-24/h1-6,13-14,22-23H,7-12,15-16H2. The molecule has 0 atom stereocenters. The van der Waals surface area contributed by atoms with Crippen molar-refractivity contribution in [1.82, 2.24) is 15.5 Å². The van der Waals surface area contributed by atoms with Gasteiger partial charge in [-0.05, 0) is 35.4 Å². The molecule has 2 aromatic rings. The molecule has 1 fully saturated rings. The predicted octanol–water partition coefficient (Wildman–Crippen LogP) is 2.91. The second kappa shape index (κ2) is 9.78. The van der Waals surface area contributed by atoms with Crippen molar-refractivity contribution < 1.29 is 4.74 Å². The van der Waals surface area contributed by atoms with Crippen molar-refractivity contribution in [2.75, 3.05) is 39.3 Å². The maximum atomic E-state index is 6.01. The summed E-state index contributed by atoms with van der Waals surface area (Å²) in [5.74, 6) is 0.890. The fourth-order valence-corrected chi connectivity index (χ4v) is 3.16. The molecule has 0 bridgehead atoms. The molecule has 0 saturated carbocycles. The molecule has 1 saturated heterocycles. The Balaban J connectivity index is 1.41. The number of benzene rings is 2. The van der Waals surface area contributed by atoms with Crippen molar-refractivity contribution in [3.63, 3.8) is 0 Å². The summed E-state index contributed by atoms with van der Waals surface area (Å²) in [7, 11) is 0. The molecule has 4 nitrogen and oxygen atoms in total. The molecule has 2 N–H and O–H groups in total. The Bertz CT molecular complexity index is 659. The fraction of sp³-hybridized carbons (Fsp3) is 0.400. The third-order valence-corrected chi connectivity index (χ3v) is 4.57. The van der Waals surface area contributed by atoms with Crippen LogP contribution in [0.4, 0.5) is 0 Å². The normalized spacial score (nSPS) is 15.2. The molecule has 1 aliphatic rings. The summed E-state index contributed by atoms with van der Waals surface area (Å²) >= 11 is 6.01. The van der Waals surface area contributed by atoms with E-state index in [1.807, 2.05) is 36.4 Å². The van der Waals surface area contributed by atoms with Gasteiger partial charge in [-0.2, -0.15) is 0 Å². The number of halogens is 1. The third kappa shape index (κ3) is 6.33. The minimum atomic E-state index is 0.528. The van der Waals surface area contributed by atoms with Crippen LogP contribution in [0.1, 0.15) is 11.1 Å². The number of hydrogen-bond donors (Lipinski definition) is 2. The maximum absolute atomic E-state index is 6.01. The molecular weight excluding hydrogens is 334 g/mol. The molecule has 2 aromatic carbocycles. The molecule has 1 heterocycles. The fourth-order valence-electron chi connectivity index (χ4n) is 2.94. The Labute approximate surface area is 155 Å². The van der Waals surface area contributed by atoms with Crippen LogP contribution in [0.25, 0.3) is 0 Å². The van der Waals surface area contributed by atoms with E-state index in [-0.39, 0.29) is 0 Å². The maximum Gasteiger partial charge on any atom is 0.120 e. The van der Waals surface area contributed by atoms with Gasteiger partial charge in [-0.3, -0.25) is 4.90 Å². The lowest BCUT2D eigenvalue weighted by Crippen LogP contribution is -2.45. The zero-order valence-electron chi connectivity index (χ0n) is 14.5. The quantitative estimate of drug-likeness (QED) is 0.710. The molecule has 0 unspecified atom stereocenters. The lowest BCUT2D eigenvalue weighted by Gasteiger charge is -2.27.